The van der Waals surface area contributed by atoms with Crippen LogP contribution in [0.3, 0.4) is 0 Å². The molecule has 0 aromatic heterocycles. The van der Waals surface area contributed by atoms with Crippen LogP contribution in [-0.4, -0.2) is 30.9 Å². The lowest BCUT2D eigenvalue weighted by molar-refractivity contribution is -0.131. The van der Waals surface area contributed by atoms with Crippen molar-refractivity contribution in [2.45, 2.75) is 31.7 Å². The number of rotatable bonds is 6. The van der Waals surface area contributed by atoms with E-state index in [1.54, 1.807) is 17.0 Å². The molecular weight excluding hydrogens is 363 g/mol. The van der Waals surface area contributed by atoms with Crippen molar-refractivity contribution in [1.29, 1.82) is 0 Å². The highest BCUT2D eigenvalue weighted by Gasteiger charge is 2.24. The van der Waals surface area contributed by atoms with Crippen LogP contribution in [0.15, 0.2) is 48.5 Å². The van der Waals surface area contributed by atoms with Gasteiger partial charge in [-0.2, -0.15) is 0 Å². The Hall–Kier alpha value is -1.91. The van der Waals surface area contributed by atoms with Gasteiger partial charge in [0.1, 0.15) is 5.82 Å². The van der Waals surface area contributed by atoms with E-state index < -0.39 is 0 Å². The van der Waals surface area contributed by atoms with Crippen LogP contribution in [0.25, 0.3) is 0 Å². The Morgan fingerprint density at radius 1 is 1.11 bits per heavy atom. The summed E-state index contributed by atoms with van der Waals surface area (Å²) in [5.41, 5.74) is 1.85. The summed E-state index contributed by atoms with van der Waals surface area (Å²) < 4.78 is 13.4. The molecule has 1 unspecified atom stereocenters. The molecule has 1 saturated heterocycles. The van der Waals surface area contributed by atoms with Gasteiger partial charge in [0.05, 0.1) is 6.04 Å². The zero-order valence-electron chi connectivity index (χ0n) is 15.6. The highest BCUT2D eigenvalue weighted by atomic mass is 35.5. The monoisotopic (exact) mass is 388 g/mol. The van der Waals surface area contributed by atoms with Crippen LogP contribution in [0.1, 0.15) is 42.9 Å². The topological polar surface area (TPSA) is 32.3 Å². The van der Waals surface area contributed by atoms with Crippen LogP contribution >= 0.6 is 11.6 Å². The Labute approximate surface area is 165 Å². The van der Waals surface area contributed by atoms with Crippen LogP contribution in [0.2, 0.25) is 5.02 Å². The third-order valence-corrected chi connectivity index (χ3v) is 5.63. The molecule has 0 spiro atoms. The smallest absolute Gasteiger partial charge is 0.223 e. The number of amides is 1. The molecule has 1 heterocycles. The fourth-order valence-corrected chi connectivity index (χ4v) is 3.87. The van der Waals surface area contributed by atoms with Gasteiger partial charge in [0, 0.05) is 18.5 Å². The highest BCUT2D eigenvalue weighted by molar-refractivity contribution is 6.30. The van der Waals surface area contributed by atoms with Gasteiger partial charge in [0.2, 0.25) is 5.91 Å². The number of nitrogens with one attached hydrogen (secondary N) is 1. The molecule has 5 heteroatoms. The number of piperidine rings is 1. The summed E-state index contributed by atoms with van der Waals surface area (Å²) in [6, 6.07) is 13.6. The van der Waals surface area contributed by atoms with Crippen molar-refractivity contribution in [3.05, 3.63) is 70.5 Å². The maximum atomic E-state index is 13.4. The van der Waals surface area contributed by atoms with E-state index in [-0.39, 0.29) is 17.8 Å². The van der Waals surface area contributed by atoms with Crippen molar-refractivity contribution in [3.8, 4) is 0 Å². The zero-order valence-corrected chi connectivity index (χ0v) is 16.4. The Balaban J connectivity index is 1.77. The Morgan fingerprint density at radius 3 is 2.26 bits per heavy atom. The van der Waals surface area contributed by atoms with E-state index in [0.29, 0.717) is 17.4 Å². The molecule has 1 aliphatic heterocycles. The SMILES string of the molecule is CN(C(=O)CCC1CCNCC1)C(c1ccc(F)cc1)c1ccc(Cl)cc1. The normalized spacial score (nSPS) is 16.1. The lowest BCUT2D eigenvalue weighted by Crippen LogP contribution is -2.33. The molecule has 1 atom stereocenters. The summed E-state index contributed by atoms with van der Waals surface area (Å²) in [6.45, 7) is 2.08. The molecule has 1 amide bonds. The van der Waals surface area contributed by atoms with Crippen LogP contribution in [0.4, 0.5) is 4.39 Å². The molecule has 0 bridgehead atoms. The van der Waals surface area contributed by atoms with E-state index in [9.17, 15) is 9.18 Å². The summed E-state index contributed by atoms with van der Waals surface area (Å²) in [4.78, 5) is 14.7. The molecule has 0 radical (unpaired) electrons. The molecule has 2 aromatic carbocycles. The predicted octanol–water partition coefficient (Wildman–Crippen LogP) is 4.81. The van der Waals surface area contributed by atoms with E-state index in [1.807, 2.05) is 31.3 Å². The largest absolute Gasteiger partial charge is 0.335 e. The molecule has 1 aliphatic rings. The van der Waals surface area contributed by atoms with Gasteiger partial charge >= 0.3 is 0 Å². The quantitative estimate of drug-likeness (QED) is 0.770. The van der Waals surface area contributed by atoms with E-state index in [1.165, 1.54) is 12.1 Å². The number of carbonyl (C=O) groups is 1. The third-order valence-electron chi connectivity index (χ3n) is 5.38. The molecule has 3 nitrogen and oxygen atoms in total. The first-order chi connectivity index (χ1) is 13.0. The molecule has 2 aromatic rings. The summed E-state index contributed by atoms with van der Waals surface area (Å²) >= 11 is 6.03. The summed E-state index contributed by atoms with van der Waals surface area (Å²) in [6.07, 6.45) is 3.72. The first-order valence-corrected chi connectivity index (χ1v) is 9.89. The minimum absolute atomic E-state index is 0.109. The van der Waals surface area contributed by atoms with Crippen LogP contribution in [-0.2, 0) is 4.79 Å². The van der Waals surface area contributed by atoms with E-state index in [0.717, 1.165) is 43.5 Å². The third kappa shape index (κ3) is 5.30. The molecule has 0 saturated carbocycles. The van der Waals surface area contributed by atoms with Crippen molar-refractivity contribution in [2.24, 2.45) is 5.92 Å². The maximum Gasteiger partial charge on any atom is 0.223 e. The second-order valence-electron chi connectivity index (χ2n) is 7.24. The van der Waals surface area contributed by atoms with Gasteiger partial charge in [-0.1, -0.05) is 35.9 Å². The van der Waals surface area contributed by atoms with Crippen molar-refractivity contribution in [2.75, 3.05) is 20.1 Å². The average molecular weight is 389 g/mol. The first kappa shape index (κ1) is 19.8. The molecule has 1 fully saturated rings. The predicted molar refractivity (Wildman–Crippen MR) is 107 cm³/mol. The second-order valence-corrected chi connectivity index (χ2v) is 7.68. The number of nitrogens with zero attached hydrogens (tertiary/aromatic N) is 1. The Morgan fingerprint density at radius 2 is 1.67 bits per heavy atom. The van der Waals surface area contributed by atoms with Crippen molar-refractivity contribution in [1.82, 2.24) is 10.2 Å². The number of hydrogen-bond donors (Lipinski definition) is 1. The van der Waals surface area contributed by atoms with Gasteiger partial charge in [0.15, 0.2) is 0 Å². The Kier molecular flexibility index (Phi) is 6.86. The minimum atomic E-state index is -0.284. The number of halogens is 2. The number of benzene rings is 2. The van der Waals surface area contributed by atoms with Gasteiger partial charge in [-0.3, -0.25) is 4.79 Å². The number of hydrogen-bond acceptors (Lipinski definition) is 2. The van der Waals surface area contributed by atoms with Crippen LogP contribution in [0, 0.1) is 11.7 Å². The molecule has 27 heavy (non-hydrogen) atoms. The van der Waals surface area contributed by atoms with E-state index in [2.05, 4.69) is 5.32 Å². The zero-order chi connectivity index (χ0) is 19.2. The summed E-state index contributed by atoms with van der Waals surface area (Å²) in [5.74, 6) is 0.440. The average Bonchev–Trinajstić information content (AvgIpc) is 2.70. The fraction of sp³-hybridized carbons (Fsp3) is 0.409. The lowest BCUT2D eigenvalue weighted by atomic mass is 9.92. The fourth-order valence-electron chi connectivity index (χ4n) is 3.75. The van der Waals surface area contributed by atoms with Crippen LogP contribution < -0.4 is 5.32 Å². The number of carbonyl (C=O) groups excluding carboxylic acids is 1. The molecule has 3 rings (SSSR count). The van der Waals surface area contributed by atoms with Gasteiger partial charge in [-0.05, 0) is 73.7 Å². The van der Waals surface area contributed by atoms with Gasteiger partial charge in [0.25, 0.3) is 0 Å². The first-order valence-electron chi connectivity index (χ1n) is 9.52. The Bertz CT molecular complexity index is 696. The molecule has 0 aliphatic carbocycles. The van der Waals surface area contributed by atoms with E-state index in [4.69, 9.17) is 11.6 Å². The van der Waals surface area contributed by atoms with Crippen molar-refractivity contribution < 1.29 is 9.18 Å². The second kappa shape index (κ2) is 9.34. The highest BCUT2D eigenvalue weighted by Crippen LogP contribution is 2.30. The van der Waals surface area contributed by atoms with Gasteiger partial charge < -0.3 is 10.2 Å². The van der Waals surface area contributed by atoms with Gasteiger partial charge in [-0.15, -0.1) is 0 Å². The minimum Gasteiger partial charge on any atom is -0.335 e. The van der Waals surface area contributed by atoms with Crippen LogP contribution in [0.5, 0.6) is 0 Å². The van der Waals surface area contributed by atoms with Crippen molar-refractivity contribution >= 4 is 17.5 Å². The molecular formula is C22H26ClFN2O. The summed E-state index contributed by atoms with van der Waals surface area (Å²) in [7, 11) is 1.83. The maximum absolute atomic E-state index is 13.4. The standard InChI is InChI=1S/C22H26ClFN2O/c1-26(21(27)11-2-16-12-14-25-15-13-16)22(17-3-7-19(23)8-4-17)18-5-9-20(24)10-6-18/h3-10,16,22,25H,2,11-15H2,1H3. The molecule has 1 N–H and O–H groups in total. The van der Waals surface area contributed by atoms with Gasteiger partial charge in [-0.25, -0.2) is 4.39 Å². The summed E-state index contributed by atoms with van der Waals surface area (Å²) in [5, 5.41) is 4.01. The van der Waals surface area contributed by atoms with E-state index >= 15 is 0 Å². The van der Waals surface area contributed by atoms with Crippen molar-refractivity contribution in [3.63, 3.8) is 0 Å². The molecule has 144 valence electrons. The lowest BCUT2D eigenvalue weighted by Gasteiger charge is -2.30.